The lowest BCUT2D eigenvalue weighted by Crippen LogP contribution is -2.17. The van der Waals surface area contributed by atoms with Crippen molar-refractivity contribution in [2.75, 3.05) is 6.61 Å². The van der Waals surface area contributed by atoms with E-state index in [-0.39, 0.29) is 6.61 Å². The third-order valence-electron chi connectivity index (χ3n) is 2.48. The predicted molar refractivity (Wildman–Crippen MR) is 65.3 cm³/mol. The number of halogens is 1. The van der Waals surface area contributed by atoms with Gasteiger partial charge in [0.2, 0.25) is 0 Å². The summed E-state index contributed by atoms with van der Waals surface area (Å²) in [5.74, 6) is -1.23. The van der Waals surface area contributed by atoms with Gasteiger partial charge in [0, 0.05) is 11.1 Å². The zero-order chi connectivity index (χ0) is 12.0. The molecule has 1 atom stereocenters. The van der Waals surface area contributed by atoms with Crippen LogP contribution in [0.1, 0.15) is 18.4 Å². The van der Waals surface area contributed by atoms with Gasteiger partial charge >= 0.3 is 5.97 Å². The summed E-state index contributed by atoms with van der Waals surface area (Å²) in [6.07, 6.45) is 1.53. The summed E-state index contributed by atoms with van der Waals surface area (Å²) < 4.78 is 0.935. The van der Waals surface area contributed by atoms with Crippen LogP contribution in [0.4, 0.5) is 0 Å². The van der Waals surface area contributed by atoms with Gasteiger partial charge in [-0.2, -0.15) is 0 Å². The van der Waals surface area contributed by atoms with Crippen LogP contribution in [-0.2, 0) is 11.2 Å². The Morgan fingerprint density at radius 2 is 2.06 bits per heavy atom. The van der Waals surface area contributed by atoms with Gasteiger partial charge in [0.25, 0.3) is 0 Å². The minimum absolute atomic E-state index is 0.0414. The van der Waals surface area contributed by atoms with Gasteiger partial charge in [-0.3, -0.25) is 4.79 Å². The molecular formula is C12H15BrO3. The Kier molecular flexibility index (Phi) is 5.49. The van der Waals surface area contributed by atoms with Crippen LogP contribution in [-0.4, -0.2) is 22.8 Å². The normalized spacial score (nSPS) is 12.4. The minimum Gasteiger partial charge on any atom is -0.481 e. The van der Waals surface area contributed by atoms with Crippen molar-refractivity contribution in [3.05, 3.63) is 34.3 Å². The summed E-state index contributed by atoms with van der Waals surface area (Å²) >= 11 is 3.40. The van der Waals surface area contributed by atoms with Gasteiger partial charge in [0.05, 0.1) is 5.92 Å². The highest BCUT2D eigenvalue weighted by Gasteiger charge is 2.18. The molecule has 0 heterocycles. The van der Waals surface area contributed by atoms with Crippen LogP contribution in [0.5, 0.6) is 0 Å². The highest BCUT2D eigenvalue weighted by atomic mass is 79.9. The predicted octanol–water partition coefficient (Wildman–Crippen LogP) is 2.46. The number of aliphatic hydroxyl groups excluding tert-OH is 1. The number of aliphatic hydroxyl groups is 1. The monoisotopic (exact) mass is 286 g/mol. The van der Waals surface area contributed by atoms with Crippen LogP contribution < -0.4 is 0 Å². The van der Waals surface area contributed by atoms with E-state index in [1.165, 1.54) is 0 Å². The number of hydrogen-bond acceptors (Lipinski definition) is 2. The van der Waals surface area contributed by atoms with Gasteiger partial charge in [-0.1, -0.05) is 34.1 Å². The molecule has 0 spiro atoms. The Morgan fingerprint density at radius 1 is 1.38 bits per heavy atom. The first-order chi connectivity index (χ1) is 7.65. The number of benzene rings is 1. The molecule has 0 aliphatic rings. The second-order valence-corrected chi connectivity index (χ2v) is 4.55. The largest absolute Gasteiger partial charge is 0.481 e. The Hall–Kier alpha value is -0.870. The van der Waals surface area contributed by atoms with Gasteiger partial charge in [-0.15, -0.1) is 0 Å². The van der Waals surface area contributed by atoms with Gasteiger partial charge in [-0.25, -0.2) is 0 Å². The van der Waals surface area contributed by atoms with Crippen LogP contribution in [0.15, 0.2) is 28.7 Å². The molecule has 0 radical (unpaired) electrons. The van der Waals surface area contributed by atoms with E-state index >= 15 is 0 Å². The van der Waals surface area contributed by atoms with Crippen molar-refractivity contribution in [2.24, 2.45) is 5.92 Å². The average Bonchev–Trinajstić information content (AvgIpc) is 2.26. The fourth-order valence-corrected chi connectivity index (χ4v) is 2.03. The lowest BCUT2D eigenvalue weighted by Gasteiger charge is -2.12. The molecule has 0 saturated heterocycles. The van der Waals surface area contributed by atoms with E-state index in [4.69, 9.17) is 10.2 Å². The molecule has 1 aromatic rings. The number of carboxylic acid groups (broad SMARTS) is 1. The second-order valence-electron chi connectivity index (χ2n) is 3.70. The standard InChI is InChI=1S/C12H15BrO3/c13-11-6-2-1-4-9(11)8-10(12(15)16)5-3-7-14/h1-2,4,6,10,14H,3,5,7-8H2,(H,15,16). The molecular weight excluding hydrogens is 272 g/mol. The highest BCUT2D eigenvalue weighted by molar-refractivity contribution is 9.10. The summed E-state index contributed by atoms with van der Waals surface area (Å²) in [4.78, 5) is 11.0. The SMILES string of the molecule is O=C(O)C(CCCO)Cc1ccccc1Br. The summed E-state index contributed by atoms with van der Waals surface area (Å²) in [6, 6.07) is 7.61. The number of rotatable bonds is 6. The number of aliphatic carboxylic acids is 1. The van der Waals surface area contributed by atoms with Crippen molar-refractivity contribution in [1.82, 2.24) is 0 Å². The van der Waals surface area contributed by atoms with E-state index in [1.54, 1.807) is 0 Å². The number of carbonyl (C=O) groups is 1. The first-order valence-electron chi connectivity index (χ1n) is 5.22. The fraction of sp³-hybridized carbons (Fsp3) is 0.417. The van der Waals surface area contributed by atoms with E-state index in [0.717, 1.165) is 10.0 Å². The van der Waals surface area contributed by atoms with Crippen molar-refractivity contribution >= 4 is 21.9 Å². The average molecular weight is 287 g/mol. The maximum atomic E-state index is 11.0. The molecule has 88 valence electrons. The molecule has 0 fully saturated rings. The Balaban J connectivity index is 2.68. The van der Waals surface area contributed by atoms with Crippen LogP contribution in [0.3, 0.4) is 0 Å². The molecule has 16 heavy (non-hydrogen) atoms. The van der Waals surface area contributed by atoms with Gasteiger partial charge in [0.1, 0.15) is 0 Å². The molecule has 0 aromatic heterocycles. The van der Waals surface area contributed by atoms with Crippen molar-refractivity contribution in [3.8, 4) is 0 Å². The van der Waals surface area contributed by atoms with Gasteiger partial charge < -0.3 is 10.2 Å². The lowest BCUT2D eigenvalue weighted by molar-refractivity contribution is -0.142. The van der Waals surface area contributed by atoms with E-state index in [2.05, 4.69) is 15.9 Å². The molecule has 0 saturated carbocycles. The third kappa shape index (κ3) is 3.94. The van der Waals surface area contributed by atoms with Gasteiger partial charge in [0.15, 0.2) is 0 Å². The maximum Gasteiger partial charge on any atom is 0.306 e. The topological polar surface area (TPSA) is 57.5 Å². The van der Waals surface area contributed by atoms with Crippen LogP contribution in [0, 0.1) is 5.92 Å². The van der Waals surface area contributed by atoms with E-state index in [9.17, 15) is 4.79 Å². The Labute approximate surface area is 103 Å². The minimum atomic E-state index is -0.802. The summed E-state index contributed by atoms with van der Waals surface area (Å²) in [7, 11) is 0. The van der Waals surface area contributed by atoms with Crippen LogP contribution >= 0.6 is 15.9 Å². The fourth-order valence-electron chi connectivity index (χ4n) is 1.58. The summed E-state index contributed by atoms with van der Waals surface area (Å²) in [5, 5.41) is 17.8. The summed E-state index contributed by atoms with van der Waals surface area (Å²) in [5.41, 5.74) is 0.993. The smallest absolute Gasteiger partial charge is 0.306 e. The Bertz CT molecular complexity index is 352. The number of hydrogen-bond donors (Lipinski definition) is 2. The van der Waals surface area contributed by atoms with E-state index in [1.807, 2.05) is 24.3 Å². The maximum absolute atomic E-state index is 11.0. The van der Waals surface area contributed by atoms with E-state index < -0.39 is 11.9 Å². The molecule has 0 aliphatic heterocycles. The molecule has 1 aromatic carbocycles. The zero-order valence-electron chi connectivity index (χ0n) is 8.90. The molecule has 4 heteroatoms. The first kappa shape index (κ1) is 13.2. The van der Waals surface area contributed by atoms with Crippen molar-refractivity contribution in [3.63, 3.8) is 0 Å². The molecule has 1 unspecified atom stereocenters. The van der Waals surface area contributed by atoms with Crippen molar-refractivity contribution < 1.29 is 15.0 Å². The van der Waals surface area contributed by atoms with Crippen LogP contribution in [0.25, 0.3) is 0 Å². The second kappa shape index (κ2) is 6.66. The lowest BCUT2D eigenvalue weighted by atomic mass is 9.95. The summed E-state index contributed by atoms with van der Waals surface area (Å²) in [6.45, 7) is 0.0414. The van der Waals surface area contributed by atoms with Crippen LogP contribution in [0.2, 0.25) is 0 Å². The Morgan fingerprint density at radius 3 is 2.62 bits per heavy atom. The quantitative estimate of drug-likeness (QED) is 0.845. The third-order valence-corrected chi connectivity index (χ3v) is 3.26. The van der Waals surface area contributed by atoms with Crippen molar-refractivity contribution in [1.29, 1.82) is 0 Å². The zero-order valence-corrected chi connectivity index (χ0v) is 10.5. The first-order valence-corrected chi connectivity index (χ1v) is 6.01. The van der Waals surface area contributed by atoms with E-state index in [0.29, 0.717) is 19.3 Å². The molecule has 0 amide bonds. The molecule has 0 aliphatic carbocycles. The molecule has 1 rings (SSSR count). The van der Waals surface area contributed by atoms with Gasteiger partial charge in [-0.05, 0) is 30.9 Å². The number of carboxylic acids is 1. The molecule has 3 nitrogen and oxygen atoms in total. The molecule has 2 N–H and O–H groups in total. The molecule has 0 bridgehead atoms. The van der Waals surface area contributed by atoms with Crippen molar-refractivity contribution in [2.45, 2.75) is 19.3 Å². The highest BCUT2D eigenvalue weighted by Crippen LogP contribution is 2.21.